The van der Waals surface area contributed by atoms with Crippen molar-refractivity contribution < 1.29 is 14.6 Å². The van der Waals surface area contributed by atoms with Gasteiger partial charge in [-0.1, -0.05) is 15.9 Å². The number of hydrogen-bond donors (Lipinski definition) is 1. The van der Waals surface area contributed by atoms with Crippen molar-refractivity contribution in [3.8, 4) is 17.0 Å². The van der Waals surface area contributed by atoms with E-state index in [1.807, 2.05) is 11.4 Å². The van der Waals surface area contributed by atoms with Crippen molar-refractivity contribution >= 4 is 33.2 Å². The Hall–Kier alpha value is -1.40. The summed E-state index contributed by atoms with van der Waals surface area (Å²) >= 11 is 4.86. The molecule has 1 aromatic carbocycles. The number of halogens is 1. The van der Waals surface area contributed by atoms with Gasteiger partial charge in [0, 0.05) is 15.4 Å². The van der Waals surface area contributed by atoms with E-state index in [1.165, 1.54) is 18.3 Å². The van der Waals surface area contributed by atoms with Crippen LogP contribution in [-0.2, 0) is 4.79 Å². The van der Waals surface area contributed by atoms with Crippen molar-refractivity contribution in [3.63, 3.8) is 0 Å². The topological polar surface area (TPSA) is 59.4 Å². The summed E-state index contributed by atoms with van der Waals surface area (Å²) in [6.45, 7) is 1.50. The number of carbonyl (C=O) groups is 1. The van der Waals surface area contributed by atoms with Gasteiger partial charge in [0.15, 0.2) is 6.10 Å². The third-order valence-corrected chi connectivity index (χ3v) is 3.38. The highest BCUT2D eigenvalue weighted by Crippen LogP contribution is 2.33. The third-order valence-electron chi connectivity index (χ3n) is 2.30. The summed E-state index contributed by atoms with van der Waals surface area (Å²) in [5, 5.41) is 10.8. The number of rotatable bonds is 4. The fourth-order valence-corrected chi connectivity index (χ4v) is 2.30. The Morgan fingerprint density at radius 3 is 2.94 bits per heavy atom. The highest BCUT2D eigenvalue weighted by Gasteiger charge is 2.16. The van der Waals surface area contributed by atoms with Crippen LogP contribution in [-0.4, -0.2) is 22.2 Å². The van der Waals surface area contributed by atoms with Crippen LogP contribution in [0.4, 0.5) is 0 Å². The van der Waals surface area contributed by atoms with Crippen LogP contribution >= 0.6 is 27.3 Å². The van der Waals surface area contributed by atoms with Gasteiger partial charge in [-0.05, 0) is 25.1 Å². The lowest BCUT2D eigenvalue weighted by molar-refractivity contribution is -0.144. The van der Waals surface area contributed by atoms with E-state index in [-0.39, 0.29) is 0 Å². The summed E-state index contributed by atoms with van der Waals surface area (Å²) in [6, 6.07) is 5.40. The highest BCUT2D eigenvalue weighted by molar-refractivity contribution is 9.10. The van der Waals surface area contributed by atoms with Gasteiger partial charge < -0.3 is 9.84 Å². The summed E-state index contributed by atoms with van der Waals surface area (Å²) in [5.41, 5.74) is 3.27. The maximum atomic E-state index is 10.8. The molecule has 0 fully saturated rings. The molecule has 18 heavy (non-hydrogen) atoms. The van der Waals surface area contributed by atoms with Crippen molar-refractivity contribution in [3.05, 3.63) is 33.6 Å². The van der Waals surface area contributed by atoms with E-state index in [9.17, 15) is 4.79 Å². The first-order valence-electron chi connectivity index (χ1n) is 5.15. The fraction of sp³-hybridized carbons (Fsp3) is 0.167. The molecule has 4 nitrogen and oxygen atoms in total. The van der Waals surface area contributed by atoms with Gasteiger partial charge in [0.1, 0.15) is 5.75 Å². The van der Waals surface area contributed by atoms with Crippen molar-refractivity contribution in [1.29, 1.82) is 0 Å². The molecule has 0 aliphatic carbocycles. The Morgan fingerprint density at radius 2 is 2.33 bits per heavy atom. The molecule has 0 saturated carbocycles. The number of aliphatic carboxylic acids is 1. The molecule has 2 aromatic rings. The molecule has 0 bridgehead atoms. The van der Waals surface area contributed by atoms with E-state index in [1.54, 1.807) is 17.6 Å². The molecule has 0 radical (unpaired) electrons. The Bertz CT molecular complexity index is 556. The molecule has 0 aliphatic heterocycles. The van der Waals surface area contributed by atoms with Crippen molar-refractivity contribution in [2.24, 2.45) is 0 Å². The molecule has 6 heteroatoms. The molecule has 94 valence electrons. The Balaban J connectivity index is 2.38. The van der Waals surface area contributed by atoms with Crippen LogP contribution in [0.25, 0.3) is 11.3 Å². The number of ether oxygens (including phenoxy) is 1. The molecule has 1 atom stereocenters. The molecule has 0 aliphatic rings. The van der Waals surface area contributed by atoms with Gasteiger partial charge in [0.25, 0.3) is 0 Å². The molecule has 1 aromatic heterocycles. The van der Waals surface area contributed by atoms with Crippen LogP contribution in [0.1, 0.15) is 6.92 Å². The number of benzene rings is 1. The van der Waals surface area contributed by atoms with E-state index in [0.29, 0.717) is 5.75 Å². The first-order valence-corrected chi connectivity index (χ1v) is 6.89. The zero-order chi connectivity index (χ0) is 13.1. The first kappa shape index (κ1) is 13.0. The van der Waals surface area contributed by atoms with Gasteiger partial charge >= 0.3 is 5.97 Å². The normalized spacial score (nSPS) is 12.1. The quantitative estimate of drug-likeness (QED) is 0.934. The number of carboxylic acids is 1. The number of hydrogen-bond acceptors (Lipinski definition) is 4. The predicted molar refractivity (Wildman–Crippen MR) is 73.0 cm³/mol. The minimum atomic E-state index is -0.998. The summed E-state index contributed by atoms with van der Waals surface area (Å²) in [6.07, 6.45) is -0.899. The van der Waals surface area contributed by atoms with Gasteiger partial charge in [0.2, 0.25) is 0 Å². The van der Waals surface area contributed by atoms with E-state index in [2.05, 4.69) is 20.9 Å². The average Bonchev–Trinajstić information content (AvgIpc) is 2.84. The van der Waals surface area contributed by atoms with Crippen LogP contribution in [0.2, 0.25) is 0 Å². The second kappa shape index (κ2) is 5.49. The molecule has 1 N–H and O–H groups in total. The first-order chi connectivity index (χ1) is 8.58. The van der Waals surface area contributed by atoms with Gasteiger partial charge in [0.05, 0.1) is 11.2 Å². The molecule has 1 unspecified atom stereocenters. The van der Waals surface area contributed by atoms with Crippen LogP contribution < -0.4 is 4.74 Å². The van der Waals surface area contributed by atoms with Gasteiger partial charge in [-0.3, -0.25) is 0 Å². The van der Waals surface area contributed by atoms with E-state index < -0.39 is 12.1 Å². The molecule has 0 saturated heterocycles. The summed E-state index contributed by atoms with van der Waals surface area (Å²) < 4.78 is 6.32. The number of carboxylic acid groups (broad SMARTS) is 1. The molecule has 0 spiro atoms. The SMILES string of the molecule is CC(Oc1ccc(Br)cc1-c1cscn1)C(=O)O. The van der Waals surface area contributed by atoms with E-state index >= 15 is 0 Å². The van der Waals surface area contributed by atoms with E-state index in [4.69, 9.17) is 9.84 Å². The Morgan fingerprint density at radius 1 is 1.56 bits per heavy atom. The predicted octanol–water partition coefficient (Wildman–Crippen LogP) is 3.42. The second-order valence-electron chi connectivity index (χ2n) is 3.61. The highest BCUT2D eigenvalue weighted by atomic mass is 79.9. The largest absolute Gasteiger partial charge is 0.479 e. The Kier molecular flexibility index (Phi) is 3.98. The minimum Gasteiger partial charge on any atom is -0.479 e. The fourth-order valence-electron chi connectivity index (χ4n) is 1.39. The number of aromatic nitrogens is 1. The zero-order valence-electron chi connectivity index (χ0n) is 9.46. The molecule has 2 rings (SSSR count). The van der Waals surface area contributed by atoms with Gasteiger partial charge in [-0.15, -0.1) is 11.3 Å². The van der Waals surface area contributed by atoms with Crippen LogP contribution in [0.15, 0.2) is 33.6 Å². The summed E-state index contributed by atoms with van der Waals surface area (Å²) in [5.74, 6) is -0.485. The standard InChI is InChI=1S/C12H10BrNO3S/c1-7(12(15)16)17-11-3-2-8(13)4-9(11)10-5-18-6-14-10/h2-7H,1H3,(H,15,16). The lowest BCUT2D eigenvalue weighted by Crippen LogP contribution is -2.23. The Labute approximate surface area is 116 Å². The summed E-state index contributed by atoms with van der Waals surface area (Å²) in [7, 11) is 0. The molecular weight excluding hydrogens is 318 g/mol. The lowest BCUT2D eigenvalue weighted by Gasteiger charge is -2.13. The van der Waals surface area contributed by atoms with Gasteiger partial charge in [-0.2, -0.15) is 0 Å². The number of nitrogens with zero attached hydrogens (tertiary/aromatic N) is 1. The van der Waals surface area contributed by atoms with Crippen LogP contribution in [0.3, 0.4) is 0 Å². The second-order valence-corrected chi connectivity index (χ2v) is 5.25. The smallest absolute Gasteiger partial charge is 0.344 e. The van der Waals surface area contributed by atoms with Gasteiger partial charge in [-0.25, -0.2) is 9.78 Å². The monoisotopic (exact) mass is 327 g/mol. The zero-order valence-corrected chi connectivity index (χ0v) is 11.9. The number of thiazole rings is 1. The average molecular weight is 328 g/mol. The lowest BCUT2D eigenvalue weighted by atomic mass is 10.1. The maximum absolute atomic E-state index is 10.8. The van der Waals surface area contributed by atoms with Crippen molar-refractivity contribution in [2.75, 3.05) is 0 Å². The van der Waals surface area contributed by atoms with Crippen molar-refractivity contribution in [1.82, 2.24) is 4.98 Å². The van der Waals surface area contributed by atoms with Crippen LogP contribution in [0.5, 0.6) is 5.75 Å². The third kappa shape index (κ3) is 2.88. The van der Waals surface area contributed by atoms with Crippen molar-refractivity contribution in [2.45, 2.75) is 13.0 Å². The molecular formula is C12H10BrNO3S. The summed E-state index contributed by atoms with van der Waals surface area (Å²) in [4.78, 5) is 15.0. The van der Waals surface area contributed by atoms with E-state index in [0.717, 1.165) is 15.7 Å². The van der Waals surface area contributed by atoms with Crippen LogP contribution in [0, 0.1) is 0 Å². The maximum Gasteiger partial charge on any atom is 0.344 e. The minimum absolute atomic E-state index is 0.513. The molecule has 1 heterocycles. The molecule has 0 amide bonds.